The van der Waals surface area contributed by atoms with E-state index in [0.717, 1.165) is 31.1 Å². The molecule has 18 heavy (non-hydrogen) atoms. The molecule has 4 nitrogen and oxygen atoms in total. The number of aromatic nitrogens is 1. The van der Waals surface area contributed by atoms with Crippen molar-refractivity contribution >= 4 is 11.5 Å². The van der Waals surface area contributed by atoms with Crippen LogP contribution in [0.15, 0.2) is 18.3 Å². The van der Waals surface area contributed by atoms with Gasteiger partial charge in [0.05, 0.1) is 11.9 Å². The van der Waals surface area contributed by atoms with Gasteiger partial charge in [0.2, 0.25) is 0 Å². The normalized spacial score (nSPS) is 23.6. The second-order valence-electron chi connectivity index (χ2n) is 5.27. The van der Waals surface area contributed by atoms with Crippen LogP contribution >= 0.6 is 0 Å². The Morgan fingerprint density at radius 1 is 1.28 bits per heavy atom. The van der Waals surface area contributed by atoms with Crippen LogP contribution in [-0.2, 0) is 0 Å². The van der Waals surface area contributed by atoms with E-state index in [0.29, 0.717) is 6.04 Å². The maximum Gasteiger partial charge on any atom is 0.128 e. The third kappa shape index (κ3) is 2.75. The second kappa shape index (κ2) is 5.57. The zero-order chi connectivity index (χ0) is 12.2. The van der Waals surface area contributed by atoms with E-state index in [-0.39, 0.29) is 0 Å². The van der Waals surface area contributed by atoms with Crippen LogP contribution in [-0.4, -0.2) is 37.2 Å². The van der Waals surface area contributed by atoms with Crippen molar-refractivity contribution in [1.82, 2.24) is 10.3 Å². The monoisotopic (exact) mass is 246 g/mol. The van der Waals surface area contributed by atoms with Crippen LogP contribution in [0.4, 0.5) is 11.5 Å². The van der Waals surface area contributed by atoms with Gasteiger partial charge in [0, 0.05) is 25.7 Å². The van der Waals surface area contributed by atoms with E-state index in [2.05, 4.69) is 32.7 Å². The van der Waals surface area contributed by atoms with E-state index in [1.165, 1.54) is 32.2 Å². The molecule has 1 aromatic heterocycles. The highest BCUT2D eigenvalue weighted by molar-refractivity contribution is 5.49. The molecule has 0 saturated carbocycles. The molecule has 98 valence electrons. The molecule has 2 saturated heterocycles. The highest BCUT2D eigenvalue weighted by Crippen LogP contribution is 2.19. The predicted molar refractivity (Wildman–Crippen MR) is 75.2 cm³/mol. The van der Waals surface area contributed by atoms with Gasteiger partial charge in [-0.05, 0) is 44.4 Å². The summed E-state index contributed by atoms with van der Waals surface area (Å²) in [5, 5.41) is 6.95. The van der Waals surface area contributed by atoms with Crippen molar-refractivity contribution in [2.45, 2.75) is 31.7 Å². The molecule has 3 rings (SSSR count). The summed E-state index contributed by atoms with van der Waals surface area (Å²) in [6.07, 6.45) is 7.15. The second-order valence-corrected chi connectivity index (χ2v) is 5.27. The van der Waals surface area contributed by atoms with Gasteiger partial charge < -0.3 is 15.5 Å². The minimum Gasteiger partial charge on any atom is -0.382 e. The summed E-state index contributed by atoms with van der Waals surface area (Å²) >= 11 is 0. The van der Waals surface area contributed by atoms with E-state index in [1.54, 1.807) is 0 Å². The Bertz CT molecular complexity index is 364. The first kappa shape index (κ1) is 11.8. The average molecular weight is 246 g/mol. The van der Waals surface area contributed by atoms with Crippen LogP contribution < -0.4 is 15.5 Å². The summed E-state index contributed by atoms with van der Waals surface area (Å²) in [4.78, 5) is 6.91. The molecule has 1 unspecified atom stereocenters. The molecule has 2 aliphatic rings. The highest BCUT2D eigenvalue weighted by atomic mass is 15.2. The number of rotatable bonds is 4. The summed E-state index contributed by atoms with van der Waals surface area (Å²) in [5.41, 5.74) is 1.13. The Labute approximate surface area is 109 Å². The van der Waals surface area contributed by atoms with Gasteiger partial charge in [0.15, 0.2) is 0 Å². The summed E-state index contributed by atoms with van der Waals surface area (Å²) in [5.74, 6) is 1.12. The van der Waals surface area contributed by atoms with Gasteiger partial charge in [-0.15, -0.1) is 0 Å². The zero-order valence-electron chi connectivity index (χ0n) is 10.9. The van der Waals surface area contributed by atoms with Crippen LogP contribution in [0.5, 0.6) is 0 Å². The summed E-state index contributed by atoms with van der Waals surface area (Å²) < 4.78 is 0. The highest BCUT2D eigenvalue weighted by Gasteiger charge is 2.14. The van der Waals surface area contributed by atoms with Crippen molar-refractivity contribution in [2.75, 3.05) is 36.4 Å². The van der Waals surface area contributed by atoms with Crippen LogP contribution in [0.3, 0.4) is 0 Å². The lowest BCUT2D eigenvalue weighted by Gasteiger charge is -2.17. The fourth-order valence-corrected chi connectivity index (χ4v) is 2.80. The standard InChI is InChI=1S/C14H22N4/c1-2-9-18(8-1)14-6-5-13(11-17-14)16-10-12-4-3-7-15-12/h5-6,11-12,15-16H,1-4,7-10H2. The fourth-order valence-electron chi connectivity index (χ4n) is 2.80. The van der Waals surface area contributed by atoms with Crippen molar-refractivity contribution in [1.29, 1.82) is 0 Å². The summed E-state index contributed by atoms with van der Waals surface area (Å²) in [6, 6.07) is 4.91. The third-order valence-corrected chi connectivity index (χ3v) is 3.89. The molecule has 2 fully saturated rings. The number of pyridine rings is 1. The number of nitrogens with zero attached hydrogens (tertiary/aromatic N) is 2. The van der Waals surface area contributed by atoms with Gasteiger partial charge >= 0.3 is 0 Å². The van der Waals surface area contributed by atoms with Gasteiger partial charge in [-0.2, -0.15) is 0 Å². The first-order chi connectivity index (χ1) is 8.92. The molecule has 0 radical (unpaired) electrons. The van der Waals surface area contributed by atoms with Crippen LogP contribution in [0, 0.1) is 0 Å². The van der Waals surface area contributed by atoms with Crippen molar-refractivity contribution in [2.24, 2.45) is 0 Å². The molecule has 4 heteroatoms. The predicted octanol–water partition coefficient (Wildman–Crippen LogP) is 1.85. The van der Waals surface area contributed by atoms with Gasteiger partial charge in [0.1, 0.15) is 5.82 Å². The maximum atomic E-state index is 4.55. The first-order valence-electron chi connectivity index (χ1n) is 7.10. The van der Waals surface area contributed by atoms with Gasteiger partial charge in [0.25, 0.3) is 0 Å². The Kier molecular flexibility index (Phi) is 3.64. The average Bonchev–Trinajstić information content (AvgIpc) is 3.10. The molecule has 0 spiro atoms. The quantitative estimate of drug-likeness (QED) is 0.850. The Hall–Kier alpha value is -1.29. The van der Waals surface area contributed by atoms with E-state index >= 15 is 0 Å². The van der Waals surface area contributed by atoms with Gasteiger partial charge in [-0.1, -0.05) is 0 Å². The van der Waals surface area contributed by atoms with E-state index < -0.39 is 0 Å². The maximum absolute atomic E-state index is 4.55. The SMILES string of the molecule is c1cc(N2CCCC2)ncc1NCC1CCCN1. The smallest absolute Gasteiger partial charge is 0.128 e. The first-order valence-corrected chi connectivity index (χ1v) is 7.10. The van der Waals surface area contributed by atoms with Crippen molar-refractivity contribution in [3.05, 3.63) is 18.3 Å². The summed E-state index contributed by atoms with van der Waals surface area (Å²) in [6.45, 7) is 4.49. The minimum atomic E-state index is 0.628. The Morgan fingerprint density at radius 3 is 2.83 bits per heavy atom. The minimum absolute atomic E-state index is 0.628. The van der Waals surface area contributed by atoms with Crippen LogP contribution in [0.25, 0.3) is 0 Å². The number of anilines is 2. The molecule has 0 aliphatic carbocycles. The zero-order valence-corrected chi connectivity index (χ0v) is 10.9. The lowest BCUT2D eigenvalue weighted by atomic mass is 10.2. The largest absolute Gasteiger partial charge is 0.382 e. The number of hydrogen-bond donors (Lipinski definition) is 2. The molecule has 2 aliphatic heterocycles. The Morgan fingerprint density at radius 2 is 2.17 bits per heavy atom. The van der Waals surface area contributed by atoms with Gasteiger partial charge in [-0.25, -0.2) is 4.98 Å². The molecule has 0 amide bonds. The Balaban J connectivity index is 1.53. The van der Waals surface area contributed by atoms with Crippen molar-refractivity contribution < 1.29 is 0 Å². The lowest BCUT2D eigenvalue weighted by molar-refractivity contribution is 0.633. The molecule has 1 atom stereocenters. The molecule has 3 heterocycles. The van der Waals surface area contributed by atoms with E-state index in [4.69, 9.17) is 0 Å². The molecular formula is C14H22N4. The van der Waals surface area contributed by atoms with Crippen molar-refractivity contribution in [3.8, 4) is 0 Å². The molecule has 0 aromatic carbocycles. The topological polar surface area (TPSA) is 40.2 Å². The number of hydrogen-bond acceptors (Lipinski definition) is 4. The lowest BCUT2D eigenvalue weighted by Crippen LogP contribution is -2.29. The summed E-state index contributed by atoms with van der Waals surface area (Å²) in [7, 11) is 0. The third-order valence-electron chi connectivity index (χ3n) is 3.89. The van der Waals surface area contributed by atoms with Crippen molar-refractivity contribution in [3.63, 3.8) is 0 Å². The van der Waals surface area contributed by atoms with E-state index in [1.807, 2.05) is 6.20 Å². The molecule has 2 N–H and O–H groups in total. The fraction of sp³-hybridized carbons (Fsp3) is 0.643. The van der Waals surface area contributed by atoms with Crippen LogP contribution in [0.1, 0.15) is 25.7 Å². The van der Waals surface area contributed by atoms with Gasteiger partial charge in [-0.3, -0.25) is 0 Å². The van der Waals surface area contributed by atoms with E-state index in [9.17, 15) is 0 Å². The molecule has 0 bridgehead atoms. The number of nitrogens with one attached hydrogen (secondary N) is 2. The molecular weight excluding hydrogens is 224 g/mol. The molecule has 1 aromatic rings. The van der Waals surface area contributed by atoms with Crippen LogP contribution in [0.2, 0.25) is 0 Å².